The van der Waals surface area contributed by atoms with Crippen LogP contribution in [0.3, 0.4) is 0 Å². The molecule has 2 rings (SSSR count). The van der Waals surface area contributed by atoms with Crippen molar-refractivity contribution in [2.24, 2.45) is 23.0 Å². The SMILES string of the molecule is CC(C)CCN(c1ccc(OCC(C)(C)C)cc1)C1CCN(C(=O)[C@@H](N)CC(C)C)CC1. The fraction of sp³-hybridized carbons (Fsp3) is 0.741. The number of benzene rings is 1. The molecule has 5 heteroatoms. The van der Waals surface area contributed by atoms with E-state index in [0.717, 1.165) is 51.1 Å². The molecule has 0 spiro atoms. The zero-order valence-corrected chi connectivity index (χ0v) is 21.6. The van der Waals surface area contributed by atoms with E-state index in [2.05, 4.69) is 77.6 Å². The lowest BCUT2D eigenvalue weighted by atomic mass is 9.98. The maximum Gasteiger partial charge on any atom is 0.239 e. The number of amides is 1. The molecule has 1 aromatic carbocycles. The van der Waals surface area contributed by atoms with E-state index in [1.807, 2.05) is 4.90 Å². The number of anilines is 1. The normalized spacial score (nSPS) is 16.5. The molecule has 1 amide bonds. The molecular weight excluding hydrogens is 398 g/mol. The van der Waals surface area contributed by atoms with Gasteiger partial charge in [-0.2, -0.15) is 0 Å². The van der Waals surface area contributed by atoms with Gasteiger partial charge >= 0.3 is 0 Å². The molecule has 0 aliphatic carbocycles. The van der Waals surface area contributed by atoms with E-state index in [1.54, 1.807) is 0 Å². The van der Waals surface area contributed by atoms with Gasteiger partial charge in [0.25, 0.3) is 0 Å². The molecule has 1 aliphatic rings. The van der Waals surface area contributed by atoms with Crippen molar-refractivity contribution in [2.45, 2.75) is 86.2 Å². The topological polar surface area (TPSA) is 58.8 Å². The molecule has 0 unspecified atom stereocenters. The third-order valence-electron chi connectivity index (χ3n) is 6.05. The van der Waals surface area contributed by atoms with E-state index in [9.17, 15) is 4.79 Å². The van der Waals surface area contributed by atoms with Crippen molar-refractivity contribution in [3.8, 4) is 5.75 Å². The molecule has 1 aliphatic heterocycles. The predicted octanol–water partition coefficient (Wildman–Crippen LogP) is 5.33. The number of piperidine rings is 1. The number of carbonyl (C=O) groups is 1. The third-order valence-corrected chi connectivity index (χ3v) is 6.05. The summed E-state index contributed by atoms with van der Waals surface area (Å²) in [7, 11) is 0. The first-order valence-corrected chi connectivity index (χ1v) is 12.5. The number of hydrogen-bond acceptors (Lipinski definition) is 4. The summed E-state index contributed by atoms with van der Waals surface area (Å²) < 4.78 is 5.96. The molecule has 1 heterocycles. The van der Waals surface area contributed by atoms with Crippen molar-refractivity contribution >= 4 is 11.6 Å². The summed E-state index contributed by atoms with van der Waals surface area (Å²) in [6, 6.07) is 8.63. The summed E-state index contributed by atoms with van der Waals surface area (Å²) in [5, 5.41) is 0. The first-order valence-electron chi connectivity index (χ1n) is 12.5. The number of hydrogen-bond donors (Lipinski definition) is 1. The Bertz CT molecular complexity index is 686. The molecule has 32 heavy (non-hydrogen) atoms. The van der Waals surface area contributed by atoms with Gasteiger partial charge in [-0.05, 0) is 67.2 Å². The van der Waals surface area contributed by atoms with Gasteiger partial charge in [0.05, 0.1) is 12.6 Å². The Hall–Kier alpha value is -1.75. The third kappa shape index (κ3) is 8.65. The fourth-order valence-electron chi connectivity index (χ4n) is 4.19. The molecule has 5 nitrogen and oxygen atoms in total. The lowest BCUT2D eigenvalue weighted by molar-refractivity contribution is -0.134. The van der Waals surface area contributed by atoms with Gasteiger partial charge in [0.2, 0.25) is 5.91 Å². The minimum Gasteiger partial charge on any atom is -0.493 e. The number of likely N-dealkylation sites (tertiary alicyclic amines) is 1. The maximum atomic E-state index is 12.7. The van der Waals surface area contributed by atoms with Crippen molar-refractivity contribution in [1.29, 1.82) is 0 Å². The molecule has 1 aromatic rings. The van der Waals surface area contributed by atoms with Gasteiger partial charge < -0.3 is 20.3 Å². The second-order valence-electron chi connectivity index (χ2n) is 11.5. The highest BCUT2D eigenvalue weighted by molar-refractivity contribution is 5.81. The van der Waals surface area contributed by atoms with E-state index >= 15 is 0 Å². The number of nitrogens with two attached hydrogens (primary N) is 1. The molecule has 2 N–H and O–H groups in total. The maximum absolute atomic E-state index is 12.7. The van der Waals surface area contributed by atoms with Crippen molar-refractivity contribution in [3.05, 3.63) is 24.3 Å². The molecule has 1 saturated heterocycles. The van der Waals surface area contributed by atoms with Gasteiger partial charge in [-0.3, -0.25) is 4.79 Å². The second kappa shape index (κ2) is 11.9. The lowest BCUT2D eigenvalue weighted by Gasteiger charge is -2.41. The van der Waals surface area contributed by atoms with Gasteiger partial charge in [-0.1, -0.05) is 48.5 Å². The van der Waals surface area contributed by atoms with Crippen LogP contribution < -0.4 is 15.4 Å². The smallest absolute Gasteiger partial charge is 0.239 e. The Balaban J connectivity index is 2.02. The molecule has 0 saturated carbocycles. The minimum absolute atomic E-state index is 0.117. The van der Waals surface area contributed by atoms with Crippen molar-refractivity contribution in [3.63, 3.8) is 0 Å². The molecule has 1 atom stereocenters. The van der Waals surface area contributed by atoms with E-state index in [1.165, 1.54) is 5.69 Å². The van der Waals surface area contributed by atoms with Crippen molar-refractivity contribution in [1.82, 2.24) is 4.90 Å². The second-order valence-corrected chi connectivity index (χ2v) is 11.5. The number of ether oxygens (including phenoxy) is 1. The fourth-order valence-corrected chi connectivity index (χ4v) is 4.19. The monoisotopic (exact) mass is 445 g/mol. The van der Waals surface area contributed by atoms with E-state index < -0.39 is 0 Å². The number of nitrogens with zero attached hydrogens (tertiary/aromatic N) is 2. The Morgan fingerprint density at radius 2 is 1.69 bits per heavy atom. The van der Waals surface area contributed by atoms with Crippen LogP contribution in [0.4, 0.5) is 5.69 Å². The Morgan fingerprint density at radius 1 is 1.09 bits per heavy atom. The van der Waals surface area contributed by atoms with E-state index in [4.69, 9.17) is 10.5 Å². The quantitative estimate of drug-likeness (QED) is 0.529. The van der Waals surface area contributed by atoms with Crippen molar-refractivity contribution in [2.75, 3.05) is 31.1 Å². The van der Waals surface area contributed by atoms with Crippen LogP contribution in [-0.2, 0) is 4.79 Å². The van der Waals surface area contributed by atoms with Gasteiger partial charge in [0.1, 0.15) is 5.75 Å². The van der Waals surface area contributed by atoms with Gasteiger partial charge in [0.15, 0.2) is 0 Å². The lowest BCUT2D eigenvalue weighted by Crippen LogP contribution is -2.51. The van der Waals surface area contributed by atoms with Crippen LogP contribution in [0, 0.1) is 17.3 Å². The van der Waals surface area contributed by atoms with Crippen LogP contribution in [0.15, 0.2) is 24.3 Å². The molecule has 0 aromatic heterocycles. The molecule has 0 bridgehead atoms. The van der Waals surface area contributed by atoms with Crippen LogP contribution in [0.1, 0.15) is 74.1 Å². The molecule has 1 fully saturated rings. The highest BCUT2D eigenvalue weighted by Crippen LogP contribution is 2.28. The summed E-state index contributed by atoms with van der Waals surface area (Å²) in [6.45, 7) is 18.7. The Labute approximate surface area is 196 Å². The molecule has 182 valence electrons. The average molecular weight is 446 g/mol. The molecular formula is C27H47N3O2. The van der Waals surface area contributed by atoms with Crippen molar-refractivity contribution < 1.29 is 9.53 Å². The van der Waals surface area contributed by atoms with Gasteiger partial charge in [-0.15, -0.1) is 0 Å². The van der Waals surface area contributed by atoms with E-state index in [-0.39, 0.29) is 17.4 Å². The summed E-state index contributed by atoms with van der Waals surface area (Å²) in [5.41, 5.74) is 7.56. The zero-order valence-electron chi connectivity index (χ0n) is 21.6. The summed E-state index contributed by atoms with van der Waals surface area (Å²) >= 11 is 0. The van der Waals surface area contributed by atoms with Crippen LogP contribution in [-0.4, -0.2) is 49.1 Å². The van der Waals surface area contributed by atoms with Crippen LogP contribution >= 0.6 is 0 Å². The highest BCUT2D eigenvalue weighted by atomic mass is 16.5. The number of rotatable bonds is 10. The minimum atomic E-state index is -0.371. The van der Waals surface area contributed by atoms with E-state index in [0.29, 0.717) is 24.5 Å². The first kappa shape index (κ1) is 26.5. The predicted molar refractivity (Wildman–Crippen MR) is 135 cm³/mol. The Kier molecular flexibility index (Phi) is 9.87. The summed E-state index contributed by atoms with van der Waals surface area (Å²) in [5.74, 6) is 2.13. The van der Waals surface area contributed by atoms with Gasteiger partial charge in [0, 0.05) is 31.4 Å². The summed E-state index contributed by atoms with van der Waals surface area (Å²) in [6.07, 6.45) is 3.88. The van der Waals surface area contributed by atoms with Crippen LogP contribution in [0.2, 0.25) is 0 Å². The number of carbonyl (C=O) groups excluding carboxylic acids is 1. The van der Waals surface area contributed by atoms with Crippen LogP contribution in [0.25, 0.3) is 0 Å². The molecule has 0 radical (unpaired) electrons. The van der Waals surface area contributed by atoms with Gasteiger partial charge in [-0.25, -0.2) is 0 Å². The first-order chi connectivity index (χ1) is 15.0. The highest BCUT2D eigenvalue weighted by Gasteiger charge is 2.29. The Morgan fingerprint density at radius 3 is 2.19 bits per heavy atom. The van der Waals surface area contributed by atoms with Crippen LogP contribution in [0.5, 0.6) is 5.75 Å². The largest absolute Gasteiger partial charge is 0.493 e. The standard InChI is InChI=1S/C27H47N3O2/c1-20(2)12-17-30(22-8-10-24(11-9-22)32-19-27(5,6)7)23-13-15-29(16-14-23)26(31)25(28)18-21(3)4/h8-11,20-21,23,25H,12-19,28H2,1-7H3/t25-/m0/s1. The zero-order chi connectivity index (χ0) is 23.9. The summed E-state index contributed by atoms with van der Waals surface area (Å²) in [4.78, 5) is 17.3. The average Bonchev–Trinajstić information content (AvgIpc) is 2.72.